The van der Waals surface area contributed by atoms with Gasteiger partial charge in [0.2, 0.25) is 0 Å². The van der Waals surface area contributed by atoms with E-state index in [1.165, 1.54) is 0 Å². The predicted molar refractivity (Wildman–Crippen MR) is 107 cm³/mol. The number of benzene rings is 1. The summed E-state index contributed by atoms with van der Waals surface area (Å²) in [5.74, 6) is 0.499. The lowest BCUT2D eigenvalue weighted by molar-refractivity contribution is 0.0937. The first-order valence-corrected chi connectivity index (χ1v) is 9.70. The molecule has 1 amide bonds. The number of nitrogens with zero attached hydrogens (tertiary/aromatic N) is 2. The highest BCUT2D eigenvalue weighted by atomic mass is 32.1. The minimum absolute atomic E-state index is 0.116. The molecule has 1 unspecified atom stereocenters. The van der Waals surface area contributed by atoms with Crippen molar-refractivity contribution in [1.29, 1.82) is 0 Å². The molecule has 27 heavy (non-hydrogen) atoms. The molecule has 1 aromatic carbocycles. The molecule has 3 aromatic heterocycles. The van der Waals surface area contributed by atoms with Crippen molar-refractivity contribution < 1.29 is 9.21 Å². The lowest BCUT2D eigenvalue weighted by atomic mass is 10.1. The Bertz CT molecular complexity index is 1090. The summed E-state index contributed by atoms with van der Waals surface area (Å²) in [6.07, 6.45) is 2.37. The van der Waals surface area contributed by atoms with E-state index >= 15 is 0 Å². The highest BCUT2D eigenvalue weighted by molar-refractivity contribution is 7.09. The lowest BCUT2D eigenvalue weighted by Gasteiger charge is -2.16. The van der Waals surface area contributed by atoms with Crippen LogP contribution in [-0.4, -0.2) is 15.9 Å². The zero-order chi connectivity index (χ0) is 18.8. The van der Waals surface area contributed by atoms with Gasteiger partial charge in [0.05, 0.1) is 23.4 Å². The van der Waals surface area contributed by atoms with Crippen LogP contribution in [0, 0.1) is 6.92 Å². The molecule has 4 rings (SSSR count). The number of hydrogen-bond acceptors (Lipinski definition) is 5. The fourth-order valence-corrected chi connectivity index (χ4v) is 3.95. The predicted octanol–water partition coefficient (Wildman–Crippen LogP) is 5.14. The number of aryl methyl sites for hydroxylation is 1. The first-order valence-electron chi connectivity index (χ1n) is 8.82. The Kier molecular flexibility index (Phi) is 4.73. The zero-order valence-electron chi connectivity index (χ0n) is 15.1. The van der Waals surface area contributed by atoms with E-state index in [4.69, 9.17) is 4.42 Å². The third-order valence-corrected chi connectivity index (χ3v) is 5.46. The van der Waals surface area contributed by atoms with Crippen molar-refractivity contribution >= 4 is 28.1 Å². The summed E-state index contributed by atoms with van der Waals surface area (Å²) in [5, 5.41) is 6.87. The van der Waals surface area contributed by atoms with Crippen molar-refractivity contribution in [2.75, 3.05) is 0 Å². The topological polar surface area (TPSA) is 68.0 Å². The first-order chi connectivity index (χ1) is 13.2. The summed E-state index contributed by atoms with van der Waals surface area (Å²) >= 11 is 1.57. The first kappa shape index (κ1) is 17.4. The molecule has 0 saturated heterocycles. The number of furan rings is 1. The number of hydrogen-bond donors (Lipinski definition) is 1. The van der Waals surface area contributed by atoms with Crippen LogP contribution in [0.1, 0.15) is 40.4 Å². The van der Waals surface area contributed by atoms with Crippen LogP contribution in [0.15, 0.2) is 58.5 Å². The lowest BCUT2D eigenvalue weighted by Crippen LogP contribution is -2.28. The molecule has 1 N–H and O–H groups in total. The summed E-state index contributed by atoms with van der Waals surface area (Å²) in [6.45, 7) is 4.00. The smallest absolute Gasteiger partial charge is 0.252 e. The molecule has 0 spiro atoms. The second-order valence-corrected chi connectivity index (χ2v) is 7.20. The largest absolute Gasteiger partial charge is 0.463 e. The van der Waals surface area contributed by atoms with E-state index in [0.717, 1.165) is 28.0 Å². The molecule has 0 radical (unpaired) electrons. The molecule has 0 aliphatic heterocycles. The van der Waals surface area contributed by atoms with Gasteiger partial charge in [-0.2, -0.15) is 0 Å². The molecular formula is C21H19N3O2S. The van der Waals surface area contributed by atoms with Gasteiger partial charge in [0.1, 0.15) is 10.7 Å². The number of fused-ring (bicyclic) bond motifs is 1. The number of para-hydroxylation sites is 1. The molecule has 5 nitrogen and oxygen atoms in total. The molecule has 4 aromatic rings. The van der Waals surface area contributed by atoms with Crippen molar-refractivity contribution in [2.45, 2.75) is 26.3 Å². The van der Waals surface area contributed by atoms with Crippen LogP contribution in [-0.2, 0) is 0 Å². The van der Waals surface area contributed by atoms with Crippen molar-refractivity contribution in [3.63, 3.8) is 0 Å². The maximum atomic E-state index is 13.1. The van der Waals surface area contributed by atoms with Crippen molar-refractivity contribution in [3.8, 4) is 11.5 Å². The Balaban J connectivity index is 1.74. The number of amides is 1. The molecule has 3 heterocycles. The monoisotopic (exact) mass is 377 g/mol. The Hall–Kier alpha value is -2.99. The van der Waals surface area contributed by atoms with Gasteiger partial charge in [-0.1, -0.05) is 25.1 Å². The molecular weight excluding hydrogens is 358 g/mol. The van der Waals surface area contributed by atoms with Crippen LogP contribution < -0.4 is 5.32 Å². The van der Waals surface area contributed by atoms with Crippen molar-refractivity contribution in [2.24, 2.45) is 0 Å². The highest BCUT2D eigenvalue weighted by Crippen LogP contribution is 2.27. The van der Waals surface area contributed by atoms with Gasteiger partial charge in [0.15, 0.2) is 5.76 Å². The summed E-state index contributed by atoms with van der Waals surface area (Å²) in [5.41, 5.74) is 2.95. The SMILES string of the molecule is CCC(NC(=O)c1cc(-c2ccco2)nc2ccccc12)c1nc(C)cs1. The van der Waals surface area contributed by atoms with Crippen LogP contribution in [0.3, 0.4) is 0 Å². The van der Waals surface area contributed by atoms with Crippen molar-refractivity contribution in [3.05, 3.63) is 70.4 Å². The van der Waals surface area contributed by atoms with Gasteiger partial charge in [-0.3, -0.25) is 4.79 Å². The van der Waals surface area contributed by atoms with E-state index in [0.29, 0.717) is 17.0 Å². The number of aromatic nitrogens is 2. The van der Waals surface area contributed by atoms with Crippen LogP contribution in [0.4, 0.5) is 0 Å². The van der Waals surface area contributed by atoms with Gasteiger partial charge in [0, 0.05) is 16.5 Å². The molecule has 136 valence electrons. The van der Waals surface area contributed by atoms with Crippen LogP contribution >= 0.6 is 11.3 Å². The number of rotatable bonds is 5. The molecule has 1 atom stereocenters. The number of thiazole rings is 1. The molecule has 0 saturated carbocycles. The maximum Gasteiger partial charge on any atom is 0.252 e. The zero-order valence-corrected chi connectivity index (χ0v) is 15.9. The highest BCUT2D eigenvalue weighted by Gasteiger charge is 2.20. The second-order valence-electron chi connectivity index (χ2n) is 6.31. The summed E-state index contributed by atoms with van der Waals surface area (Å²) in [4.78, 5) is 22.3. The van der Waals surface area contributed by atoms with Crippen LogP contribution in [0.25, 0.3) is 22.4 Å². The van der Waals surface area contributed by atoms with E-state index in [1.54, 1.807) is 23.7 Å². The number of nitrogens with one attached hydrogen (secondary N) is 1. The van der Waals surface area contributed by atoms with Crippen molar-refractivity contribution in [1.82, 2.24) is 15.3 Å². The Morgan fingerprint density at radius 2 is 2.07 bits per heavy atom. The van der Waals surface area contributed by atoms with Gasteiger partial charge >= 0.3 is 0 Å². The van der Waals surface area contributed by atoms with E-state index < -0.39 is 0 Å². The average molecular weight is 377 g/mol. The second kappa shape index (κ2) is 7.32. The third-order valence-electron chi connectivity index (χ3n) is 4.38. The number of pyridine rings is 1. The van der Waals surface area contributed by atoms with Crippen LogP contribution in [0.5, 0.6) is 0 Å². The minimum Gasteiger partial charge on any atom is -0.463 e. The normalized spacial score (nSPS) is 12.2. The fourth-order valence-electron chi connectivity index (χ4n) is 3.02. The fraction of sp³-hybridized carbons (Fsp3) is 0.190. The van der Waals surface area contributed by atoms with E-state index in [9.17, 15) is 4.79 Å². The van der Waals surface area contributed by atoms with Gasteiger partial charge in [-0.15, -0.1) is 11.3 Å². The van der Waals surface area contributed by atoms with Gasteiger partial charge < -0.3 is 9.73 Å². The Morgan fingerprint density at radius 1 is 1.22 bits per heavy atom. The molecule has 0 fully saturated rings. The number of carbonyl (C=O) groups excluding carboxylic acids is 1. The molecule has 6 heteroatoms. The van der Waals surface area contributed by atoms with E-state index in [-0.39, 0.29) is 11.9 Å². The van der Waals surface area contributed by atoms with Crippen LogP contribution in [0.2, 0.25) is 0 Å². The molecule has 0 aliphatic carbocycles. The van der Waals surface area contributed by atoms with Gasteiger partial charge in [-0.05, 0) is 37.6 Å². The van der Waals surface area contributed by atoms with Gasteiger partial charge in [-0.25, -0.2) is 9.97 Å². The summed E-state index contributed by atoms with van der Waals surface area (Å²) in [7, 11) is 0. The molecule has 0 aliphatic rings. The van der Waals surface area contributed by atoms with E-state index in [2.05, 4.69) is 15.3 Å². The quantitative estimate of drug-likeness (QED) is 0.523. The summed E-state index contributed by atoms with van der Waals surface area (Å²) < 4.78 is 5.48. The molecule has 0 bridgehead atoms. The Morgan fingerprint density at radius 3 is 2.78 bits per heavy atom. The van der Waals surface area contributed by atoms with Gasteiger partial charge in [0.25, 0.3) is 5.91 Å². The maximum absolute atomic E-state index is 13.1. The van der Waals surface area contributed by atoms with E-state index in [1.807, 2.05) is 55.6 Å². The average Bonchev–Trinajstić information content (AvgIpc) is 3.37. The number of carbonyl (C=O) groups is 1. The summed E-state index contributed by atoms with van der Waals surface area (Å²) in [6, 6.07) is 13.0. The minimum atomic E-state index is -0.138. The third kappa shape index (κ3) is 3.48. The standard InChI is InChI=1S/C21H19N3O2S/c1-3-16(21-22-13(2)12-27-21)24-20(25)15-11-18(19-9-6-10-26-19)23-17-8-5-4-7-14(15)17/h4-12,16H,3H2,1-2H3,(H,24,25). The Labute approximate surface area is 161 Å².